The Bertz CT molecular complexity index is 841. The van der Waals surface area contributed by atoms with Crippen LogP contribution in [-0.2, 0) is 9.47 Å². The molecule has 2 aliphatic rings. The molecule has 8 heteroatoms. The van der Waals surface area contributed by atoms with Crippen LogP contribution in [-0.4, -0.2) is 30.1 Å². The second-order valence-electron chi connectivity index (χ2n) is 5.76. The number of nitrogens with zero attached hydrogens (tertiary/aromatic N) is 2. The largest absolute Gasteiger partial charge is 0.364 e. The molecule has 1 N–H and O–H groups in total. The van der Waals surface area contributed by atoms with Gasteiger partial charge >= 0.3 is 0 Å². The third-order valence-corrected chi connectivity index (χ3v) is 3.95. The highest BCUT2D eigenvalue weighted by atomic mass is 19.2. The molecule has 0 unspecified atom stereocenters. The fourth-order valence-electron chi connectivity index (χ4n) is 2.75. The molecular weight excluding hydrogens is 320 g/mol. The number of allylic oxidation sites excluding steroid dienone is 1. The highest BCUT2D eigenvalue weighted by Crippen LogP contribution is 2.34. The van der Waals surface area contributed by atoms with Gasteiger partial charge in [0, 0.05) is 29.9 Å². The molecule has 2 aromatic rings. The van der Waals surface area contributed by atoms with E-state index in [4.69, 9.17) is 14.0 Å². The Morgan fingerprint density at radius 2 is 2.04 bits per heavy atom. The number of rotatable bonds is 5. The second kappa shape index (κ2) is 5.95. The summed E-state index contributed by atoms with van der Waals surface area (Å²) < 4.78 is 44.0. The molecule has 0 bridgehead atoms. The van der Waals surface area contributed by atoms with Gasteiger partial charge in [-0.2, -0.15) is 4.39 Å². The first-order valence-corrected chi connectivity index (χ1v) is 7.63. The van der Waals surface area contributed by atoms with Crippen molar-refractivity contribution < 1.29 is 22.8 Å². The lowest BCUT2D eigenvalue weighted by Crippen LogP contribution is -2.20. The molecule has 2 aliphatic heterocycles. The van der Waals surface area contributed by atoms with Crippen molar-refractivity contribution in [1.82, 2.24) is 5.16 Å². The van der Waals surface area contributed by atoms with Gasteiger partial charge in [-0.1, -0.05) is 5.16 Å². The summed E-state index contributed by atoms with van der Waals surface area (Å²) in [5.74, 6) is -1.79. The smallest absolute Gasteiger partial charge is 0.207 e. The first-order chi connectivity index (χ1) is 11.6. The number of hydrogen-bond acceptors (Lipinski definition) is 6. The predicted octanol–water partition coefficient (Wildman–Crippen LogP) is 3.31. The van der Waals surface area contributed by atoms with Gasteiger partial charge < -0.3 is 19.3 Å². The minimum absolute atomic E-state index is 0.00227. The van der Waals surface area contributed by atoms with Crippen molar-refractivity contribution in [1.29, 1.82) is 0 Å². The van der Waals surface area contributed by atoms with E-state index in [0.29, 0.717) is 30.8 Å². The quantitative estimate of drug-likeness (QED) is 0.908. The summed E-state index contributed by atoms with van der Waals surface area (Å²) in [5, 5.41) is 7.31. The van der Waals surface area contributed by atoms with Gasteiger partial charge in [0.25, 0.3) is 0 Å². The van der Waals surface area contributed by atoms with E-state index in [1.165, 1.54) is 6.07 Å². The standard InChI is InChI=1S/C16H15F2N3O3/c1-8(6-9-2-3-19-9)20-15-11-7-10(16-22-4-5-23-16)12(17)13(18)14(11)24-21-15/h2-3,7-8,16H,4-6H2,1H3,(H,20,21)/t8-/m0/s1. The second-order valence-corrected chi connectivity index (χ2v) is 5.76. The Morgan fingerprint density at radius 1 is 1.29 bits per heavy atom. The molecule has 0 saturated carbocycles. The highest BCUT2D eigenvalue weighted by molar-refractivity contribution is 6.00. The molecule has 3 heterocycles. The molecule has 1 fully saturated rings. The maximum absolute atomic E-state index is 14.3. The number of aromatic nitrogens is 1. The number of fused-ring (bicyclic) bond motifs is 1. The summed E-state index contributed by atoms with van der Waals surface area (Å²) >= 11 is 0. The van der Waals surface area contributed by atoms with Crippen molar-refractivity contribution in [3.05, 3.63) is 35.5 Å². The van der Waals surface area contributed by atoms with E-state index in [-0.39, 0.29) is 17.2 Å². The van der Waals surface area contributed by atoms with Crippen LogP contribution in [0, 0.1) is 11.6 Å². The maximum atomic E-state index is 14.3. The zero-order valence-corrected chi connectivity index (χ0v) is 12.9. The van der Waals surface area contributed by atoms with Crippen molar-refractivity contribution in [2.75, 3.05) is 18.5 Å². The van der Waals surface area contributed by atoms with Gasteiger partial charge in [-0.25, -0.2) is 4.39 Å². The van der Waals surface area contributed by atoms with Gasteiger partial charge in [0.2, 0.25) is 11.4 Å². The Labute approximate surface area is 136 Å². The molecule has 0 amide bonds. The molecule has 1 atom stereocenters. The number of benzene rings is 1. The molecular formula is C16H15F2N3O3. The Kier molecular flexibility index (Phi) is 3.78. The zero-order chi connectivity index (χ0) is 16.7. The fourth-order valence-corrected chi connectivity index (χ4v) is 2.75. The number of anilines is 1. The van der Waals surface area contributed by atoms with Crippen molar-refractivity contribution in [2.24, 2.45) is 4.99 Å². The summed E-state index contributed by atoms with van der Waals surface area (Å²) in [6.45, 7) is 2.62. The van der Waals surface area contributed by atoms with Crippen molar-refractivity contribution in [3.8, 4) is 0 Å². The number of ether oxygens (including phenoxy) is 2. The number of hydrogen-bond donors (Lipinski definition) is 1. The lowest BCUT2D eigenvalue weighted by Gasteiger charge is -2.15. The maximum Gasteiger partial charge on any atom is 0.207 e. The Hall–Kier alpha value is -2.32. The van der Waals surface area contributed by atoms with Gasteiger partial charge in [-0.15, -0.1) is 0 Å². The third-order valence-electron chi connectivity index (χ3n) is 3.95. The van der Waals surface area contributed by atoms with Gasteiger partial charge in [-0.3, -0.25) is 4.99 Å². The van der Waals surface area contributed by atoms with Crippen LogP contribution in [0.1, 0.15) is 25.2 Å². The minimum atomic E-state index is -1.10. The molecule has 126 valence electrons. The molecule has 24 heavy (non-hydrogen) atoms. The summed E-state index contributed by atoms with van der Waals surface area (Å²) in [7, 11) is 0. The first-order valence-electron chi connectivity index (χ1n) is 7.63. The van der Waals surface area contributed by atoms with E-state index in [1.54, 1.807) is 6.20 Å². The average molecular weight is 335 g/mol. The lowest BCUT2D eigenvalue weighted by molar-refractivity contribution is -0.0467. The Balaban J connectivity index is 1.66. The normalized spacial score (nSPS) is 18.7. The van der Waals surface area contributed by atoms with Crippen LogP contribution in [0.5, 0.6) is 0 Å². The summed E-state index contributed by atoms with van der Waals surface area (Å²) in [5.41, 5.74) is 0.737. The van der Waals surface area contributed by atoms with E-state index in [1.807, 2.05) is 13.0 Å². The van der Waals surface area contributed by atoms with Crippen molar-refractivity contribution in [2.45, 2.75) is 25.7 Å². The molecule has 0 radical (unpaired) electrons. The van der Waals surface area contributed by atoms with Crippen LogP contribution < -0.4 is 5.32 Å². The Morgan fingerprint density at radius 3 is 2.71 bits per heavy atom. The molecule has 0 aliphatic carbocycles. The van der Waals surface area contributed by atoms with Gasteiger partial charge in [0.15, 0.2) is 17.9 Å². The van der Waals surface area contributed by atoms with Crippen LogP contribution in [0.4, 0.5) is 14.6 Å². The molecule has 6 nitrogen and oxygen atoms in total. The van der Waals surface area contributed by atoms with Crippen LogP contribution in [0.15, 0.2) is 27.9 Å². The average Bonchev–Trinajstić information content (AvgIpc) is 3.17. The lowest BCUT2D eigenvalue weighted by atomic mass is 10.1. The summed E-state index contributed by atoms with van der Waals surface area (Å²) in [6.07, 6.45) is 3.41. The van der Waals surface area contributed by atoms with Crippen LogP contribution in [0.3, 0.4) is 0 Å². The van der Waals surface area contributed by atoms with Crippen LogP contribution >= 0.6 is 0 Å². The van der Waals surface area contributed by atoms with E-state index in [2.05, 4.69) is 15.5 Å². The van der Waals surface area contributed by atoms with E-state index in [0.717, 1.165) is 5.71 Å². The summed E-state index contributed by atoms with van der Waals surface area (Å²) in [4.78, 5) is 4.10. The monoisotopic (exact) mass is 335 g/mol. The number of nitrogens with one attached hydrogen (secondary N) is 1. The molecule has 1 aromatic carbocycles. The number of aliphatic imine (C=N–C) groups is 1. The zero-order valence-electron chi connectivity index (χ0n) is 12.9. The van der Waals surface area contributed by atoms with E-state index in [9.17, 15) is 8.78 Å². The predicted molar refractivity (Wildman–Crippen MR) is 82.8 cm³/mol. The van der Waals surface area contributed by atoms with Crippen LogP contribution in [0.25, 0.3) is 11.0 Å². The van der Waals surface area contributed by atoms with Gasteiger partial charge in [0.1, 0.15) is 0 Å². The van der Waals surface area contributed by atoms with Crippen LogP contribution in [0.2, 0.25) is 0 Å². The summed E-state index contributed by atoms with van der Waals surface area (Å²) in [6, 6.07) is 1.45. The van der Waals surface area contributed by atoms with Gasteiger partial charge in [0.05, 0.1) is 18.6 Å². The molecule has 0 spiro atoms. The van der Waals surface area contributed by atoms with E-state index >= 15 is 0 Å². The van der Waals surface area contributed by atoms with Gasteiger partial charge in [-0.05, 0) is 19.1 Å². The molecule has 1 aromatic heterocycles. The highest BCUT2D eigenvalue weighted by Gasteiger charge is 2.28. The SMILES string of the molecule is C[C@@H](CC1=NC=C1)Nc1noc2c(F)c(F)c(C3OCCO3)cc12. The van der Waals surface area contributed by atoms with E-state index < -0.39 is 17.9 Å². The third kappa shape index (κ3) is 2.57. The fraction of sp³-hybridized carbons (Fsp3) is 0.375. The van der Waals surface area contributed by atoms with Crippen molar-refractivity contribution >= 4 is 22.5 Å². The number of halogens is 2. The first kappa shape index (κ1) is 15.2. The topological polar surface area (TPSA) is 68.9 Å². The molecule has 1 saturated heterocycles. The van der Waals surface area contributed by atoms with Crippen molar-refractivity contribution in [3.63, 3.8) is 0 Å². The molecule has 4 rings (SSSR count). The minimum Gasteiger partial charge on any atom is -0.364 e.